The topological polar surface area (TPSA) is 93.4 Å². The molecule has 0 amide bonds. The van der Waals surface area contributed by atoms with Gasteiger partial charge in [0.05, 0.1) is 18.0 Å². The van der Waals surface area contributed by atoms with Crippen LogP contribution >= 0.6 is 0 Å². The molecule has 0 spiro atoms. The van der Waals surface area contributed by atoms with Crippen molar-refractivity contribution in [3.63, 3.8) is 0 Å². The average Bonchev–Trinajstić information content (AvgIpc) is 3.33. The van der Waals surface area contributed by atoms with E-state index in [1.54, 1.807) is 35.9 Å². The summed E-state index contributed by atoms with van der Waals surface area (Å²) in [5.41, 5.74) is 2.03. The monoisotopic (exact) mass is 488 g/mol. The van der Waals surface area contributed by atoms with Crippen LogP contribution in [0.2, 0.25) is 0 Å². The number of ether oxygens (including phenoxy) is 1. The SMILES string of the molecule is COc1ccc2ccc(=O)n(C3CCN(CCc4cc5c(=O)oc6ccc(F)cc6c5[nH]4)CC3)c2n1. The van der Waals surface area contributed by atoms with Crippen LogP contribution in [0.5, 0.6) is 5.88 Å². The van der Waals surface area contributed by atoms with Gasteiger partial charge in [0.1, 0.15) is 17.0 Å². The maximum atomic E-state index is 13.8. The Morgan fingerprint density at radius 3 is 2.69 bits per heavy atom. The first-order valence-corrected chi connectivity index (χ1v) is 12.0. The fraction of sp³-hybridized carbons (Fsp3) is 0.296. The second kappa shape index (κ2) is 8.91. The van der Waals surface area contributed by atoms with Gasteiger partial charge in [-0.3, -0.25) is 9.36 Å². The molecule has 36 heavy (non-hydrogen) atoms. The Labute approximate surface area is 204 Å². The van der Waals surface area contributed by atoms with Gasteiger partial charge in [-0.05, 0) is 49.2 Å². The van der Waals surface area contributed by atoms with Crippen LogP contribution in [-0.4, -0.2) is 46.2 Å². The highest BCUT2D eigenvalue weighted by Crippen LogP contribution is 2.27. The molecule has 184 valence electrons. The van der Waals surface area contributed by atoms with Crippen LogP contribution in [-0.2, 0) is 6.42 Å². The minimum Gasteiger partial charge on any atom is -0.481 e. The number of nitrogens with zero attached hydrogens (tertiary/aromatic N) is 3. The van der Waals surface area contributed by atoms with Crippen LogP contribution in [0.3, 0.4) is 0 Å². The lowest BCUT2D eigenvalue weighted by molar-refractivity contribution is 0.188. The molecule has 1 saturated heterocycles. The number of likely N-dealkylation sites (tertiary alicyclic amines) is 1. The molecule has 1 aliphatic heterocycles. The van der Waals surface area contributed by atoms with Crippen molar-refractivity contribution in [3.05, 3.63) is 80.8 Å². The molecule has 0 unspecified atom stereocenters. The number of piperidine rings is 1. The number of H-pyrrole nitrogens is 1. The number of methoxy groups -OCH3 is 1. The maximum absolute atomic E-state index is 13.8. The molecule has 1 N–H and O–H groups in total. The molecule has 5 aromatic rings. The number of fused-ring (bicyclic) bond motifs is 4. The van der Waals surface area contributed by atoms with Crippen molar-refractivity contribution < 1.29 is 13.5 Å². The molecule has 1 aliphatic rings. The maximum Gasteiger partial charge on any atom is 0.345 e. The predicted octanol–water partition coefficient (Wildman–Crippen LogP) is 4.01. The van der Waals surface area contributed by atoms with E-state index in [0.717, 1.165) is 43.6 Å². The van der Waals surface area contributed by atoms with Crippen molar-refractivity contribution in [1.29, 1.82) is 0 Å². The van der Waals surface area contributed by atoms with Crippen LogP contribution < -0.4 is 15.9 Å². The average molecular weight is 489 g/mol. The summed E-state index contributed by atoms with van der Waals surface area (Å²) in [7, 11) is 1.57. The van der Waals surface area contributed by atoms with Gasteiger partial charge in [0, 0.05) is 60.7 Å². The molecular weight excluding hydrogens is 463 g/mol. The minimum absolute atomic E-state index is 0.0535. The van der Waals surface area contributed by atoms with Gasteiger partial charge in [0.2, 0.25) is 5.88 Å². The van der Waals surface area contributed by atoms with Crippen molar-refractivity contribution in [2.75, 3.05) is 26.7 Å². The van der Waals surface area contributed by atoms with Crippen molar-refractivity contribution in [2.24, 2.45) is 0 Å². The Bertz CT molecular complexity index is 1710. The lowest BCUT2D eigenvalue weighted by atomic mass is 10.0. The number of hydrogen-bond donors (Lipinski definition) is 1. The highest BCUT2D eigenvalue weighted by molar-refractivity contribution is 6.02. The smallest absolute Gasteiger partial charge is 0.345 e. The number of nitrogens with one attached hydrogen (secondary N) is 1. The largest absolute Gasteiger partial charge is 0.481 e. The number of benzene rings is 1. The summed E-state index contributed by atoms with van der Waals surface area (Å²) >= 11 is 0. The van der Waals surface area contributed by atoms with Gasteiger partial charge in [0.25, 0.3) is 5.56 Å². The van der Waals surface area contributed by atoms with E-state index < -0.39 is 5.63 Å². The number of pyridine rings is 2. The fourth-order valence-electron chi connectivity index (χ4n) is 5.22. The van der Waals surface area contributed by atoms with Crippen LogP contribution in [0, 0.1) is 5.82 Å². The van der Waals surface area contributed by atoms with Crippen LogP contribution in [0.1, 0.15) is 24.6 Å². The van der Waals surface area contributed by atoms with Gasteiger partial charge in [0.15, 0.2) is 0 Å². The zero-order valence-electron chi connectivity index (χ0n) is 19.8. The number of halogens is 1. The first-order chi connectivity index (χ1) is 17.5. The van der Waals surface area contributed by atoms with Crippen LogP contribution in [0.25, 0.3) is 32.9 Å². The lowest BCUT2D eigenvalue weighted by Gasteiger charge is -2.33. The molecule has 0 saturated carbocycles. The van der Waals surface area contributed by atoms with E-state index >= 15 is 0 Å². The summed E-state index contributed by atoms with van der Waals surface area (Å²) in [5, 5.41) is 1.90. The third-order valence-electron chi connectivity index (χ3n) is 7.09. The van der Waals surface area contributed by atoms with Crippen molar-refractivity contribution in [1.82, 2.24) is 19.4 Å². The van der Waals surface area contributed by atoms with Crippen molar-refractivity contribution >= 4 is 32.9 Å². The minimum atomic E-state index is -0.432. The summed E-state index contributed by atoms with van der Waals surface area (Å²) in [5.74, 6) is 0.109. The molecule has 8 nitrogen and oxygen atoms in total. The van der Waals surface area contributed by atoms with Gasteiger partial charge < -0.3 is 19.0 Å². The summed E-state index contributed by atoms with van der Waals surface area (Å²) in [4.78, 5) is 35.4. The molecule has 5 heterocycles. The molecule has 0 bridgehead atoms. The van der Waals surface area contributed by atoms with Crippen molar-refractivity contribution in [3.8, 4) is 5.88 Å². The van der Waals surface area contributed by atoms with Crippen molar-refractivity contribution in [2.45, 2.75) is 25.3 Å². The third kappa shape index (κ3) is 3.95. The molecule has 1 aromatic carbocycles. The molecular formula is C27H25FN4O4. The number of aromatic nitrogens is 3. The highest BCUT2D eigenvalue weighted by atomic mass is 19.1. The standard InChI is InChI=1S/C27H25FN4O4/c1-35-23-6-2-16-3-7-24(33)32(26(16)30-23)19-9-12-31(13-10-19)11-8-18-15-21-25(29-18)20-14-17(28)4-5-22(20)36-27(21)34/h2-7,14-15,19,29H,8-13H2,1H3. The first kappa shape index (κ1) is 22.5. The van der Waals surface area contributed by atoms with E-state index in [9.17, 15) is 14.0 Å². The van der Waals surface area contributed by atoms with Crippen LogP contribution in [0.15, 0.2) is 62.5 Å². The zero-order chi connectivity index (χ0) is 24.8. The molecule has 0 radical (unpaired) electrons. The summed E-state index contributed by atoms with van der Waals surface area (Å²) in [6, 6.07) is 13.1. The molecule has 0 atom stereocenters. The third-order valence-corrected chi connectivity index (χ3v) is 7.09. The molecule has 1 fully saturated rings. The quantitative estimate of drug-likeness (QED) is 0.376. The van der Waals surface area contributed by atoms with E-state index in [1.165, 1.54) is 18.2 Å². The Hall–Kier alpha value is -3.98. The normalized spacial score (nSPS) is 15.3. The lowest BCUT2D eigenvalue weighted by Crippen LogP contribution is -2.38. The first-order valence-electron chi connectivity index (χ1n) is 12.0. The molecule has 0 aliphatic carbocycles. The number of rotatable bonds is 5. The van der Waals surface area contributed by atoms with Gasteiger partial charge in [-0.15, -0.1) is 0 Å². The Morgan fingerprint density at radius 1 is 1.08 bits per heavy atom. The Balaban J connectivity index is 1.18. The van der Waals surface area contributed by atoms with Crippen LogP contribution in [0.4, 0.5) is 4.39 Å². The summed E-state index contributed by atoms with van der Waals surface area (Å²) < 4.78 is 26.2. The second-order valence-corrected chi connectivity index (χ2v) is 9.24. The van der Waals surface area contributed by atoms with E-state index in [4.69, 9.17) is 9.15 Å². The summed E-state index contributed by atoms with van der Waals surface area (Å²) in [6.07, 6.45) is 2.37. The highest BCUT2D eigenvalue weighted by Gasteiger charge is 2.23. The molecule has 9 heteroatoms. The van der Waals surface area contributed by atoms with Gasteiger partial charge in [-0.2, -0.15) is 4.98 Å². The second-order valence-electron chi connectivity index (χ2n) is 9.24. The molecule has 6 rings (SSSR count). The van der Waals surface area contributed by atoms with Gasteiger partial charge >= 0.3 is 5.63 Å². The molecule has 4 aromatic heterocycles. The number of hydrogen-bond acceptors (Lipinski definition) is 6. The predicted molar refractivity (Wildman–Crippen MR) is 135 cm³/mol. The zero-order valence-corrected chi connectivity index (χ0v) is 19.8. The fourth-order valence-corrected chi connectivity index (χ4v) is 5.22. The number of aromatic amines is 1. The summed E-state index contributed by atoms with van der Waals surface area (Å²) in [6.45, 7) is 2.48. The van der Waals surface area contributed by atoms with E-state index in [2.05, 4.69) is 14.9 Å². The van der Waals surface area contributed by atoms with Gasteiger partial charge in [-0.25, -0.2) is 9.18 Å². The van der Waals surface area contributed by atoms with Gasteiger partial charge in [-0.1, -0.05) is 0 Å². The van der Waals surface area contributed by atoms with E-state index in [-0.39, 0.29) is 17.4 Å². The van der Waals surface area contributed by atoms with E-state index in [0.29, 0.717) is 39.8 Å². The Morgan fingerprint density at radius 2 is 1.89 bits per heavy atom. The Kier molecular flexibility index (Phi) is 5.56. The van der Waals surface area contributed by atoms with E-state index in [1.807, 2.05) is 6.07 Å².